The molecule has 1 aliphatic heterocycles. The Kier molecular flexibility index (Phi) is 7.01. The van der Waals surface area contributed by atoms with Gasteiger partial charge in [-0.25, -0.2) is 8.42 Å². The van der Waals surface area contributed by atoms with E-state index < -0.39 is 10.0 Å². The summed E-state index contributed by atoms with van der Waals surface area (Å²) in [5, 5.41) is 3.24. The standard InChI is InChI=1S/C26H34N2O3S/c1-19(2)17-25(21-7-4-3-5-8-21)27-26(29)22-13-15-28(16-14-22)32(30,31)24-12-11-20-9-6-10-23(20)18-24/h3-5,7-8,11-12,18-19,22,25H,6,9-10,13-17H2,1-2H3,(H,27,29)/t25-/m0/s1. The van der Waals surface area contributed by atoms with Crippen LogP contribution in [0.5, 0.6) is 0 Å². The van der Waals surface area contributed by atoms with Gasteiger partial charge in [0.1, 0.15) is 0 Å². The zero-order valence-electron chi connectivity index (χ0n) is 19.1. The summed E-state index contributed by atoms with van der Waals surface area (Å²) in [6.07, 6.45) is 5.08. The molecule has 2 aliphatic rings. The van der Waals surface area contributed by atoms with Crippen LogP contribution in [0.15, 0.2) is 53.4 Å². The molecule has 5 nitrogen and oxygen atoms in total. The normalized spacial score (nSPS) is 18.5. The molecule has 4 rings (SSSR count). The first-order valence-electron chi connectivity index (χ1n) is 11.8. The van der Waals surface area contributed by atoms with Crippen LogP contribution in [0.25, 0.3) is 0 Å². The zero-order valence-corrected chi connectivity index (χ0v) is 19.9. The number of nitrogens with zero attached hydrogens (tertiary/aromatic N) is 1. The largest absolute Gasteiger partial charge is 0.349 e. The molecular weight excluding hydrogens is 420 g/mol. The number of benzene rings is 2. The highest BCUT2D eigenvalue weighted by Crippen LogP contribution is 2.29. The Balaban J connectivity index is 1.38. The Hall–Kier alpha value is -2.18. The highest BCUT2D eigenvalue weighted by atomic mass is 32.2. The lowest BCUT2D eigenvalue weighted by atomic mass is 9.93. The number of carbonyl (C=O) groups excluding carboxylic acids is 1. The Labute approximate surface area is 192 Å². The van der Waals surface area contributed by atoms with E-state index in [-0.39, 0.29) is 17.9 Å². The molecule has 32 heavy (non-hydrogen) atoms. The molecular formula is C26H34N2O3S. The Morgan fingerprint density at radius 3 is 2.41 bits per heavy atom. The van der Waals surface area contributed by atoms with E-state index in [0.29, 0.717) is 36.7 Å². The van der Waals surface area contributed by atoms with Crippen LogP contribution in [0.2, 0.25) is 0 Å². The number of hydrogen-bond donors (Lipinski definition) is 1. The predicted octanol–water partition coefficient (Wildman–Crippen LogP) is 4.48. The van der Waals surface area contributed by atoms with Crippen molar-refractivity contribution in [3.8, 4) is 0 Å². The van der Waals surface area contributed by atoms with E-state index in [4.69, 9.17) is 0 Å². The third-order valence-electron chi connectivity index (χ3n) is 6.76. The number of sulfonamides is 1. The summed E-state index contributed by atoms with van der Waals surface area (Å²) in [7, 11) is -3.51. The first-order chi connectivity index (χ1) is 15.3. The molecule has 1 saturated heterocycles. The number of rotatable bonds is 7. The van der Waals surface area contributed by atoms with Crippen LogP contribution in [0.3, 0.4) is 0 Å². The number of aryl methyl sites for hydroxylation is 2. The molecule has 0 aromatic heterocycles. The number of amides is 1. The van der Waals surface area contributed by atoms with Crippen LogP contribution in [0.1, 0.15) is 62.3 Å². The first kappa shape index (κ1) is 23.0. The minimum absolute atomic E-state index is 0.0168. The van der Waals surface area contributed by atoms with Gasteiger partial charge in [0.2, 0.25) is 15.9 Å². The third kappa shape index (κ3) is 5.07. The molecule has 6 heteroatoms. The SMILES string of the molecule is CC(C)C[C@H](NC(=O)C1CCN(S(=O)(=O)c2ccc3c(c2)CCC3)CC1)c1ccccc1. The molecule has 2 aromatic rings. The Morgan fingerprint density at radius 2 is 1.72 bits per heavy atom. The molecule has 0 saturated carbocycles. The summed E-state index contributed by atoms with van der Waals surface area (Å²) in [6.45, 7) is 5.09. The van der Waals surface area contributed by atoms with Crippen molar-refractivity contribution in [3.05, 3.63) is 65.2 Å². The van der Waals surface area contributed by atoms with E-state index in [2.05, 4.69) is 31.3 Å². The summed E-state index contributed by atoms with van der Waals surface area (Å²) in [5.41, 5.74) is 3.55. The van der Waals surface area contributed by atoms with Gasteiger partial charge in [-0.1, -0.05) is 50.2 Å². The maximum Gasteiger partial charge on any atom is 0.243 e. The van der Waals surface area contributed by atoms with Crippen LogP contribution in [-0.4, -0.2) is 31.7 Å². The predicted molar refractivity (Wildman–Crippen MR) is 127 cm³/mol. The van der Waals surface area contributed by atoms with Gasteiger partial charge in [-0.15, -0.1) is 0 Å². The number of piperidine rings is 1. The molecule has 0 bridgehead atoms. The van der Waals surface area contributed by atoms with Gasteiger partial charge in [-0.3, -0.25) is 4.79 Å². The summed E-state index contributed by atoms with van der Waals surface area (Å²) < 4.78 is 27.9. The van der Waals surface area contributed by atoms with Crippen molar-refractivity contribution < 1.29 is 13.2 Å². The van der Waals surface area contributed by atoms with Gasteiger partial charge in [0.15, 0.2) is 0 Å². The fourth-order valence-corrected chi connectivity index (χ4v) is 6.46. The Morgan fingerprint density at radius 1 is 1.03 bits per heavy atom. The van der Waals surface area contributed by atoms with E-state index in [1.165, 1.54) is 5.56 Å². The van der Waals surface area contributed by atoms with Crippen LogP contribution in [0.4, 0.5) is 0 Å². The van der Waals surface area contributed by atoms with Gasteiger partial charge < -0.3 is 5.32 Å². The molecule has 1 aliphatic carbocycles. The molecule has 1 atom stereocenters. The van der Waals surface area contributed by atoms with Crippen LogP contribution >= 0.6 is 0 Å². The summed E-state index contributed by atoms with van der Waals surface area (Å²) in [4.78, 5) is 13.4. The van der Waals surface area contributed by atoms with Gasteiger partial charge in [-0.2, -0.15) is 4.31 Å². The van der Waals surface area contributed by atoms with E-state index in [1.54, 1.807) is 10.4 Å². The Bertz CT molecular complexity index is 1040. The molecule has 1 amide bonds. The minimum Gasteiger partial charge on any atom is -0.349 e. The maximum atomic E-state index is 13.2. The lowest BCUT2D eigenvalue weighted by molar-refractivity contribution is -0.127. The fourth-order valence-electron chi connectivity index (χ4n) is 4.94. The average Bonchev–Trinajstić information content (AvgIpc) is 3.27. The third-order valence-corrected chi connectivity index (χ3v) is 8.65. The van der Waals surface area contributed by atoms with E-state index in [0.717, 1.165) is 36.8 Å². The molecule has 2 aromatic carbocycles. The number of carbonyl (C=O) groups is 1. The van der Waals surface area contributed by atoms with Crippen LogP contribution in [0, 0.1) is 11.8 Å². The second-order valence-electron chi connectivity index (χ2n) is 9.56. The zero-order chi connectivity index (χ0) is 22.7. The second kappa shape index (κ2) is 9.75. The van der Waals surface area contributed by atoms with Gasteiger partial charge in [-0.05, 0) is 73.3 Å². The molecule has 1 N–H and O–H groups in total. The summed E-state index contributed by atoms with van der Waals surface area (Å²) in [6, 6.07) is 15.6. The van der Waals surface area contributed by atoms with Crippen molar-refractivity contribution in [2.24, 2.45) is 11.8 Å². The van der Waals surface area contributed by atoms with Gasteiger partial charge in [0, 0.05) is 19.0 Å². The van der Waals surface area contributed by atoms with Crippen molar-refractivity contribution in [1.29, 1.82) is 0 Å². The molecule has 1 heterocycles. The first-order valence-corrected chi connectivity index (χ1v) is 13.3. The summed E-state index contributed by atoms with van der Waals surface area (Å²) in [5.74, 6) is 0.341. The van der Waals surface area contributed by atoms with Crippen molar-refractivity contribution in [3.63, 3.8) is 0 Å². The topological polar surface area (TPSA) is 66.5 Å². The minimum atomic E-state index is -3.51. The fraction of sp³-hybridized carbons (Fsp3) is 0.500. The van der Waals surface area contributed by atoms with Crippen LogP contribution < -0.4 is 5.32 Å². The van der Waals surface area contributed by atoms with Gasteiger partial charge in [0.05, 0.1) is 10.9 Å². The van der Waals surface area contributed by atoms with E-state index in [9.17, 15) is 13.2 Å². The molecule has 0 radical (unpaired) electrons. The highest BCUT2D eigenvalue weighted by Gasteiger charge is 2.33. The van der Waals surface area contributed by atoms with E-state index in [1.807, 2.05) is 30.3 Å². The quantitative estimate of drug-likeness (QED) is 0.671. The highest BCUT2D eigenvalue weighted by molar-refractivity contribution is 7.89. The number of nitrogens with one attached hydrogen (secondary N) is 1. The molecule has 0 spiro atoms. The van der Waals surface area contributed by atoms with Crippen molar-refractivity contribution in [1.82, 2.24) is 9.62 Å². The van der Waals surface area contributed by atoms with Gasteiger partial charge in [0.25, 0.3) is 0 Å². The van der Waals surface area contributed by atoms with Crippen LogP contribution in [-0.2, 0) is 27.7 Å². The molecule has 172 valence electrons. The lowest BCUT2D eigenvalue weighted by Crippen LogP contribution is -2.43. The number of fused-ring (bicyclic) bond motifs is 1. The molecule has 1 fully saturated rings. The number of hydrogen-bond acceptors (Lipinski definition) is 3. The maximum absolute atomic E-state index is 13.2. The van der Waals surface area contributed by atoms with Crippen molar-refractivity contribution >= 4 is 15.9 Å². The molecule has 0 unspecified atom stereocenters. The van der Waals surface area contributed by atoms with Gasteiger partial charge >= 0.3 is 0 Å². The monoisotopic (exact) mass is 454 g/mol. The van der Waals surface area contributed by atoms with Crippen molar-refractivity contribution in [2.45, 2.75) is 63.3 Å². The second-order valence-corrected chi connectivity index (χ2v) is 11.5. The summed E-state index contributed by atoms with van der Waals surface area (Å²) >= 11 is 0. The lowest BCUT2D eigenvalue weighted by Gasteiger charge is -2.32. The van der Waals surface area contributed by atoms with E-state index >= 15 is 0 Å². The average molecular weight is 455 g/mol. The van der Waals surface area contributed by atoms with Crippen molar-refractivity contribution in [2.75, 3.05) is 13.1 Å². The smallest absolute Gasteiger partial charge is 0.243 e.